The van der Waals surface area contributed by atoms with Crippen LogP contribution in [0.2, 0.25) is 0 Å². The van der Waals surface area contributed by atoms with Crippen LogP contribution in [0, 0.1) is 17.8 Å². The van der Waals surface area contributed by atoms with Crippen molar-refractivity contribution in [2.45, 2.75) is 56.7 Å². The van der Waals surface area contributed by atoms with Crippen LogP contribution < -0.4 is 0 Å². The summed E-state index contributed by atoms with van der Waals surface area (Å²) in [6.45, 7) is 1.98. The van der Waals surface area contributed by atoms with E-state index in [0.29, 0.717) is 17.4 Å². The van der Waals surface area contributed by atoms with Crippen LogP contribution in [0.3, 0.4) is 0 Å². The Hall–Kier alpha value is -1.39. The highest BCUT2D eigenvalue weighted by molar-refractivity contribution is 5.82. The normalized spacial score (nSPS) is 32.2. The SMILES string of the molecule is CN1C[C@H]2CCC[C@@H](C1)C2OC(=O)[C@](O)(c1ccccc1)C1CCCC1. The van der Waals surface area contributed by atoms with E-state index >= 15 is 0 Å². The molecule has 4 heteroatoms. The van der Waals surface area contributed by atoms with Crippen LogP contribution in [0.25, 0.3) is 0 Å². The van der Waals surface area contributed by atoms with Gasteiger partial charge < -0.3 is 14.7 Å². The predicted molar refractivity (Wildman–Crippen MR) is 101 cm³/mol. The summed E-state index contributed by atoms with van der Waals surface area (Å²) < 4.78 is 6.12. The Kier molecular flexibility index (Phi) is 5.07. The van der Waals surface area contributed by atoms with E-state index in [1.54, 1.807) is 0 Å². The Bertz CT molecular complexity index is 614. The average Bonchev–Trinajstić information content (AvgIpc) is 3.17. The number of benzene rings is 1. The summed E-state index contributed by atoms with van der Waals surface area (Å²) in [7, 11) is 2.15. The lowest BCUT2D eigenvalue weighted by molar-refractivity contribution is -0.191. The Morgan fingerprint density at radius 2 is 1.65 bits per heavy atom. The molecule has 1 aromatic rings. The van der Waals surface area contributed by atoms with Crippen molar-refractivity contribution in [3.8, 4) is 0 Å². The van der Waals surface area contributed by atoms with Crippen molar-refractivity contribution in [1.29, 1.82) is 0 Å². The van der Waals surface area contributed by atoms with Gasteiger partial charge in [0.05, 0.1) is 0 Å². The summed E-state index contributed by atoms with van der Waals surface area (Å²) in [5.74, 6) is 0.352. The van der Waals surface area contributed by atoms with E-state index in [0.717, 1.165) is 51.6 Å². The maximum atomic E-state index is 13.3. The first-order chi connectivity index (χ1) is 12.6. The molecule has 26 heavy (non-hydrogen) atoms. The van der Waals surface area contributed by atoms with E-state index in [1.807, 2.05) is 30.3 Å². The van der Waals surface area contributed by atoms with Crippen molar-refractivity contribution in [1.82, 2.24) is 4.90 Å². The number of fused-ring (bicyclic) bond motifs is 2. The van der Waals surface area contributed by atoms with Gasteiger partial charge in [-0.2, -0.15) is 0 Å². The Morgan fingerprint density at radius 3 is 2.27 bits per heavy atom. The Balaban J connectivity index is 1.59. The lowest BCUT2D eigenvalue weighted by Crippen LogP contribution is -2.54. The van der Waals surface area contributed by atoms with E-state index in [-0.39, 0.29) is 12.0 Å². The van der Waals surface area contributed by atoms with Gasteiger partial charge in [-0.15, -0.1) is 0 Å². The zero-order chi connectivity index (χ0) is 18.1. The maximum absolute atomic E-state index is 13.3. The first kappa shape index (κ1) is 18.0. The second kappa shape index (κ2) is 7.32. The molecule has 0 radical (unpaired) electrons. The van der Waals surface area contributed by atoms with E-state index in [2.05, 4.69) is 11.9 Å². The third kappa shape index (κ3) is 3.18. The molecule has 4 nitrogen and oxygen atoms in total. The van der Waals surface area contributed by atoms with Crippen LogP contribution in [-0.4, -0.2) is 42.2 Å². The largest absolute Gasteiger partial charge is 0.459 e. The summed E-state index contributed by atoms with van der Waals surface area (Å²) in [5.41, 5.74) is -0.815. The molecule has 1 N–H and O–H groups in total. The lowest BCUT2D eigenvalue weighted by atomic mass is 9.75. The predicted octanol–water partition coefficient (Wildman–Crippen LogP) is 3.34. The number of nitrogens with zero attached hydrogens (tertiary/aromatic N) is 1. The molecule has 4 rings (SSSR count). The fourth-order valence-electron chi connectivity index (χ4n) is 5.58. The molecule has 1 aliphatic heterocycles. The summed E-state index contributed by atoms with van der Waals surface area (Å²) in [4.78, 5) is 15.7. The first-order valence-electron chi connectivity index (χ1n) is 10.3. The van der Waals surface area contributed by atoms with Gasteiger partial charge in [-0.3, -0.25) is 0 Å². The molecule has 4 atom stereocenters. The molecule has 0 aromatic heterocycles. The van der Waals surface area contributed by atoms with Gasteiger partial charge in [0, 0.05) is 30.8 Å². The van der Waals surface area contributed by atoms with Gasteiger partial charge in [-0.05, 0) is 38.3 Å². The van der Waals surface area contributed by atoms with Crippen LogP contribution in [-0.2, 0) is 15.1 Å². The molecule has 3 fully saturated rings. The van der Waals surface area contributed by atoms with Crippen molar-refractivity contribution in [3.05, 3.63) is 35.9 Å². The summed E-state index contributed by atoms with van der Waals surface area (Å²) in [5, 5.41) is 11.6. The molecule has 0 spiro atoms. The minimum absolute atomic E-state index is 0.0379. The van der Waals surface area contributed by atoms with E-state index in [9.17, 15) is 9.90 Å². The molecule has 1 aromatic carbocycles. The first-order valence-corrected chi connectivity index (χ1v) is 10.3. The van der Waals surface area contributed by atoms with E-state index < -0.39 is 11.6 Å². The quantitative estimate of drug-likeness (QED) is 0.840. The van der Waals surface area contributed by atoms with Crippen molar-refractivity contribution in [2.75, 3.05) is 20.1 Å². The van der Waals surface area contributed by atoms with Gasteiger partial charge in [-0.25, -0.2) is 4.79 Å². The number of carbonyl (C=O) groups is 1. The number of esters is 1. The summed E-state index contributed by atoms with van der Waals surface area (Å²) in [6, 6.07) is 9.45. The second-order valence-corrected chi connectivity index (χ2v) is 8.66. The van der Waals surface area contributed by atoms with Crippen LogP contribution >= 0.6 is 0 Å². The second-order valence-electron chi connectivity index (χ2n) is 8.66. The molecule has 1 saturated heterocycles. The number of hydrogen-bond acceptors (Lipinski definition) is 4. The fraction of sp³-hybridized carbons (Fsp3) is 0.682. The summed E-state index contributed by atoms with van der Waals surface area (Å²) in [6.07, 6.45) is 7.35. The van der Waals surface area contributed by atoms with Crippen molar-refractivity contribution in [3.63, 3.8) is 0 Å². The van der Waals surface area contributed by atoms with E-state index in [4.69, 9.17) is 4.74 Å². The molecule has 1 heterocycles. The van der Waals surface area contributed by atoms with Gasteiger partial charge in [0.25, 0.3) is 0 Å². The highest BCUT2D eigenvalue weighted by atomic mass is 16.6. The van der Waals surface area contributed by atoms with Gasteiger partial charge in [0.1, 0.15) is 6.10 Å². The molecule has 1 unspecified atom stereocenters. The Labute approximate surface area is 156 Å². The molecular weight excluding hydrogens is 326 g/mol. The summed E-state index contributed by atoms with van der Waals surface area (Å²) >= 11 is 0. The molecule has 2 saturated carbocycles. The van der Waals surface area contributed by atoms with Crippen LogP contribution in [0.1, 0.15) is 50.5 Å². The van der Waals surface area contributed by atoms with Crippen molar-refractivity contribution >= 4 is 5.97 Å². The van der Waals surface area contributed by atoms with E-state index in [1.165, 1.54) is 6.42 Å². The van der Waals surface area contributed by atoms with Crippen LogP contribution in [0.5, 0.6) is 0 Å². The van der Waals surface area contributed by atoms with Crippen molar-refractivity contribution in [2.24, 2.45) is 17.8 Å². The van der Waals surface area contributed by atoms with Gasteiger partial charge in [0.2, 0.25) is 0 Å². The highest BCUT2D eigenvalue weighted by Gasteiger charge is 2.50. The maximum Gasteiger partial charge on any atom is 0.343 e. The topological polar surface area (TPSA) is 49.8 Å². The molecule has 2 bridgehead atoms. The number of rotatable bonds is 4. The lowest BCUT2D eigenvalue weighted by Gasteiger charge is -2.46. The minimum Gasteiger partial charge on any atom is -0.459 e. The zero-order valence-corrected chi connectivity index (χ0v) is 15.8. The molecule has 2 aliphatic carbocycles. The smallest absolute Gasteiger partial charge is 0.343 e. The zero-order valence-electron chi connectivity index (χ0n) is 15.8. The molecule has 142 valence electrons. The number of carbonyl (C=O) groups excluding carboxylic acids is 1. The third-order valence-corrected chi connectivity index (χ3v) is 6.89. The minimum atomic E-state index is -1.50. The highest BCUT2D eigenvalue weighted by Crippen LogP contribution is 2.43. The van der Waals surface area contributed by atoms with Crippen molar-refractivity contribution < 1.29 is 14.6 Å². The molecule has 0 amide bonds. The van der Waals surface area contributed by atoms with Gasteiger partial charge in [-0.1, -0.05) is 49.6 Å². The number of piperidine rings is 1. The monoisotopic (exact) mass is 357 g/mol. The van der Waals surface area contributed by atoms with Gasteiger partial charge in [0.15, 0.2) is 5.60 Å². The molecular formula is C22H31NO3. The number of aliphatic hydroxyl groups is 1. The number of hydrogen-bond donors (Lipinski definition) is 1. The number of likely N-dealkylation sites (tertiary alicyclic amines) is 1. The van der Waals surface area contributed by atoms with Gasteiger partial charge >= 0.3 is 5.97 Å². The standard InChI is InChI=1S/C22H31NO3/c1-23-14-16-8-7-9-17(15-23)20(16)26-21(24)22(25,19-12-5-6-13-19)18-10-3-2-4-11-18/h2-4,10-11,16-17,19-20,25H,5-9,12-15H2,1H3/t16-,17+,20?,22-/m0/s1. The van der Waals surface area contributed by atoms with Crippen LogP contribution in [0.15, 0.2) is 30.3 Å². The number of ether oxygens (including phenoxy) is 1. The fourth-order valence-corrected chi connectivity index (χ4v) is 5.58. The molecule has 3 aliphatic rings. The average molecular weight is 357 g/mol. The third-order valence-electron chi connectivity index (χ3n) is 6.89. The Morgan fingerprint density at radius 1 is 1.04 bits per heavy atom. The van der Waals surface area contributed by atoms with Crippen LogP contribution in [0.4, 0.5) is 0 Å².